The van der Waals surface area contributed by atoms with Gasteiger partial charge >= 0.3 is 12.2 Å². The number of hydrogen-bond donors (Lipinski definition) is 1. The van der Waals surface area contributed by atoms with Crippen molar-refractivity contribution in [3.05, 3.63) is 76.5 Å². The number of aryl methyl sites for hydroxylation is 1. The summed E-state index contributed by atoms with van der Waals surface area (Å²) in [5, 5.41) is 2.41. The summed E-state index contributed by atoms with van der Waals surface area (Å²) < 4.78 is 38.4. The Balaban J connectivity index is 1.82. The van der Waals surface area contributed by atoms with Crippen LogP contribution in [0.15, 0.2) is 54.2 Å². The second-order valence-corrected chi connectivity index (χ2v) is 5.99. The minimum absolute atomic E-state index is 0.0542. The van der Waals surface area contributed by atoms with Crippen molar-refractivity contribution >= 4 is 18.0 Å². The van der Waals surface area contributed by atoms with E-state index in [1.54, 1.807) is 0 Å². The van der Waals surface area contributed by atoms with E-state index in [2.05, 4.69) is 5.32 Å². The number of urea groups is 1. The predicted octanol–water partition coefficient (Wildman–Crippen LogP) is 4.11. The van der Waals surface area contributed by atoms with E-state index < -0.39 is 23.7 Å². The molecule has 7 heteroatoms. The van der Waals surface area contributed by atoms with Crippen LogP contribution in [0.4, 0.5) is 18.0 Å². The standard InChI is InChI=1S/C19H15F3N2O2/c1-12-5-7-13(8-6-12)11-24-17(25)16(23-18(24)26)10-14-3-2-4-15(9-14)19(20,21)22/h2-10H,11H2,1H3,(H,23,26)/b16-10-. The van der Waals surface area contributed by atoms with Crippen LogP contribution in [-0.4, -0.2) is 16.8 Å². The van der Waals surface area contributed by atoms with Crippen LogP contribution in [-0.2, 0) is 17.5 Å². The van der Waals surface area contributed by atoms with Crippen molar-refractivity contribution in [1.82, 2.24) is 10.2 Å². The minimum Gasteiger partial charge on any atom is -0.303 e. The number of alkyl halides is 3. The van der Waals surface area contributed by atoms with E-state index >= 15 is 0 Å². The second-order valence-electron chi connectivity index (χ2n) is 5.99. The Morgan fingerprint density at radius 1 is 1.08 bits per heavy atom. The molecule has 0 unspecified atom stereocenters. The van der Waals surface area contributed by atoms with Crippen molar-refractivity contribution in [2.75, 3.05) is 0 Å². The normalized spacial score (nSPS) is 16.3. The molecule has 26 heavy (non-hydrogen) atoms. The van der Waals surface area contributed by atoms with E-state index in [9.17, 15) is 22.8 Å². The number of hydrogen-bond acceptors (Lipinski definition) is 2. The molecular weight excluding hydrogens is 345 g/mol. The third-order valence-electron chi connectivity index (χ3n) is 3.95. The summed E-state index contributed by atoms with van der Waals surface area (Å²) in [6.45, 7) is 2.01. The molecule has 1 aliphatic rings. The van der Waals surface area contributed by atoms with Gasteiger partial charge in [0.2, 0.25) is 0 Å². The molecule has 0 radical (unpaired) electrons. The van der Waals surface area contributed by atoms with Crippen LogP contribution in [0, 0.1) is 6.92 Å². The Hall–Kier alpha value is -3.09. The molecular formula is C19H15F3N2O2. The lowest BCUT2D eigenvalue weighted by molar-refractivity contribution is -0.137. The van der Waals surface area contributed by atoms with Crippen LogP contribution in [0.3, 0.4) is 0 Å². The average molecular weight is 360 g/mol. The molecule has 0 spiro atoms. The first-order valence-electron chi connectivity index (χ1n) is 7.81. The number of nitrogens with zero attached hydrogens (tertiary/aromatic N) is 1. The molecule has 0 atom stereocenters. The quantitative estimate of drug-likeness (QED) is 0.662. The molecule has 2 aromatic carbocycles. The SMILES string of the molecule is Cc1ccc(CN2C(=O)N/C(=C\c3cccc(C(F)(F)F)c3)C2=O)cc1. The maximum atomic E-state index is 12.8. The summed E-state index contributed by atoms with van der Waals surface area (Å²) in [6.07, 6.45) is -3.24. The average Bonchev–Trinajstić information content (AvgIpc) is 2.84. The van der Waals surface area contributed by atoms with Gasteiger partial charge in [0.25, 0.3) is 5.91 Å². The molecule has 2 aromatic rings. The van der Waals surface area contributed by atoms with Gasteiger partial charge < -0.3 is 5.32 Å². The van der Waals surface area contributed by atoms with Gasteiger partial charge in [-0.25, -0.2) is 4.79 Å². The smallest absolute Gasteiger partial charge is 0.303 e. The second kappa shape index (κ2) is 6.67. The zero-order valence-electron chi connectivity index (χ0n) is 13.8. The summed E-state index contributed by atoms with van der Waals surface area (Å²) in [5.74, 6) is -0.576. The lowest BCUT2D eigenvalue weighted by Gasteiger charge is -2.11. The maximum absolute atomic E-state index is 12.8. The lowest BCUT2D eigenvalue weighted by Crippen LogP contribution is -2.30. The summed E-state index contributed by atoms with van der Waals surface area (Å²) in [5.41, 5.74) is 1.14. The van der Waals surface area contributed by atoms with Crippen molar-refractivity contribution in [1.29, 1.82) is 0 Å². The molecule has 0 bridgehead atoms. The molecule has 1 heterocycles. The van der Waals surface area contributed by atoms with Crippen LogP contribution < -0.4 is 5.32 Å². The largest absolute Gasteiger partial charge is 0.416 e. The predicted molar refractivity (Wildman–Crippen MR) is 89.7 cm³/mol. The first-order valence-corrected chi connectivity index (χ1v) is 7.81. The molecule has 3 rings (SSSR count). The fourth-order valence-corrected chi connectivity index (χ4v) is 2.56. The van der Waals surface area contributed by atoms with E-state index in [-0.39, 0.29) is 17.8 Å². The van der Waals surface area contributed by atoms with Crippen LogP contribution in [0.25, 0.3) is 6.08 Å². The Labute approximate surface area is 147 Å². The summed E-state index contributed by atoms with van der Waals surface area (Å²) in [6, 6.07) is 11.3. The highest BCUT2D eigenvalue weighted by Gasteiger charge is 2.34. The Morgan fingerprint density at radius 3 is 2.42 bits per heavy atom. The number of benzene rings is 2. The first-order chi connectivity index (χ1) is 12.2. The molecule has 3 amide bonds. The van der Waals surface area contributed by atoms with Crippen LogP contribution in [0.2, 0.25) is 0 Å². The number of rotatable bonds is 3. The van der Waals surface area contributed by atoms with Gasteiger partial charge in [-0.05, 0) is 36.3 Å². The molecule has 134 valence electrons. The van der Waals surface area contributed by atoms with Crippen molar-refractivity contribution < 1.29 is 22.8 Å². The van der Waals surface area contributed by atoms with Gasteiger partial charge in [-0.2, -0.15) is 13.2 Å². The third-order valence-corrected chi connectivity index (χ3v) is 3.95. The number of carbonyl (C=O) groups is 2. The minimum atomic E-state index is -4.48. The van der Waals surface area contributed by atoms with Crippen LogP contribution >= 0.6 is 0 Å². The summed E-state index contributed by atoms with van der Waals surface area (Å²) in [7, 11) is 0. The van der Waals surface area contributed by atoms with Crippen molar-refractivity contribution in [3.63, 3.8) is 0 Å². The Morgan fingerprint density at radius 2 is 1.77 bits per heavy atom. The van der Waals surface area contributed by atoms with E-state index in [0.29, 0.717) is 0 Å². The maximum Gasteiger partial charge on any atom is 0.416 e. The van der Waals surface area contributed by atoms with Crippen molar-refractivity contribution in [3.8, 4) is 0 Å². The fourth-order valence-electron chi connectivity index (χ4n) is 2.56. The molecule has 4 nitrogen and oxygen atoms in total. The van der Waals surface area contributed by atoms with E-state index in [0.717, 1.165) is 28.2 Å². The molecule has 1 N–H and O–H groups in total. The Kier molecular flexibility index (Phi) is 4.54. The lowest BCUT2D eigenvalue weighted by atomic mass is 10.1. The Bertz CT molecular complexity index is 886. The van der Waals surface area contributed by atoms with E-state index in [1.807, 2.05) is 31.2 Å². The van der Waals surface area contributed by atoms with Gasteiger partial charge in [-0.1, -0.05) is 42.0 Å². The van der Waals surface area contributed by atoms with Gasteiger partial charge in [0.15, 0.2) is 0 Å². The van der Waals surface area contributed by atoms with Gasteiger partial charge in [0.05, 0.1) is 12.1 Å². The van der Waals surface area contributed by atoms with Crippen LogP contribution in [0.1, 0.15) is 22.3 Å². The highest BCUT2D eigenvalue weighted by molar-refractivity contribution is 6.13. The third kappa shape index (κ3) is 3.77. The van der Waals surface area contributed by atoms with E-state index in [4.69, 9.17) is 0 Å². The number of carbonyl (C=O) groups excluding carboxylic acids is 2. The molecule has 0 saturated carbocycles. The molecule has 1 aliphatic heterocycles. The van der Waals surface area contributed by atoms with Crippen molar-refractivity contribution in [2.45, 2.75) is 19.6 Å². The zero-order chi connectivity index (χ0) is 18.9. The number of imide groups is 1. The zero-order valence-corrected chi connectivity index (χ0v) is 13.8. The summed E-state index contributed by atoms with van der Waals surface area (Å²) >= 11 is 0. The van der Waals surface area contributed by atoms with Gasteiger partial charge in [-0.15, -0.1) is 0 Å². The van der Waals surface area contributed by atoms with Gasteiger partial charge in [0, 0.05) is 0 Å². The number of nitrogens with one attached hydrogen (secondary N) is 1. The number of amides is 3. The molecule has 0 aliphatic carbocycles. The summed E-state index contributed by atoms with van der Waals surface area (Å²) in [4.78, 5) is 25.5. The van der Waals surface area contributed by atoms with Gasteiger partial charge in [0.1, 0.15) is 5.70 Å². The van der Waals surface area contributed by atoms with E-state index in [1.165, 1.54) is 18.2 Å². The monoisotopic (exact) mass is 360 g/mol. The molecule has 1 saturated heterocycles. The molecule has 0 aromatic heterocycles. The highest BCUT2D eigenvalue weighted by Crippen LogP contribution is 2.30. The first kappa shape index (κ1) is 17.7. The van der Waals surface area contributed by atoms with Crippen molar-refractivity contribution in [2.24, 2.45) is 0 Å². The van der Waals surface area contributed by atoms with Crippen LogP contribution in [0.5, 0.6) is 0 Å². The highest BCUT2D eigenvalue weighted by atomic mass is 19.4. The topological polar surface area (TPSA) is 49.4 Å². The number of halogens is 3. The van der Waals surface area contributed by atoms with Gasteiger partial charge in [-0.3, -0.25) is 9.69 Å². The fraction of sp³-hybridized carbons (Fsp3) is 0.158. The molecule has 1 fully saturated rings.